The first-order valence-corrected chi connectivity index (χ1v) is 12.9. The molecule has 29 heavy (non-hydrogen) atoms. The van der Waals surface area contributed by atoms with Crippen LogP contribution in [0.1, 0.15) is 64.4 Å². The van der Waals surface area contributed by atoms with Crippen molar-refractivity contribution in [1.29, 1.82) is 0 Å². The summed E-state index contributed by atoms with van der Waals surface area (Å²) in [7, 11) is -3.54. The molecule has 160 valence electrons. The highest BCUT2D eigenvalue weighted by atomic mass is 32.2. The minimum absolute atomic E-state index is 0.0300. The second kappa shape index (κ2) is 7.60. The van der Waals surface area contributed by atoms with Gasteiger partial charge in [-0.1, -0.05) is 19.1 Å². The first-order chi connectivity index (χ1) is 13.7. The molecule has 4 fully saturated rings. The third-order valence-corrected chi connectivity index (χ3v) is 8.65. The molecule has 0 heterocycles. The van der Waals surface area contributed by atoms with E-state index in [-0.39, 0.29) is 23.9 Å². The van der Waals surface area contributed by atoms with Crippen molar-refractivity contribution < 1.29 is 13.2 Å². The Morgan fingerprint density at radius 3 is 2.07 bits per heavy atom. The van der Waals surface area contributed by atoms with Gasteiger partial charge in [-0.2, -0.15) is 0 Å². The van der Waals surface area contributed by atoms with Crippen LogP contribution in [0.3, 0.4) is 0 Å². The van der Waals surface area contributed by atoms with Gasteiger partial charge in [0.05, 0.1) is 11.9 Å². The zero-order chi connectivity index (χ0) is 20.8. The standard InChI is InChI=1S/C23H34N2O3S/c1-4-16(2)24-22(26)15-25(29(3,27)28)21-7-5-20(6-8-21)23-12-17-9-18(13-23)11-19(10-17)14-23/h5-8,16-19H,4,9-15H2,1-3H3,(H,24,26)/t16-,17?,18?,19?,23?/m1/s1. The average Bonchev–Trinajstić information content (AvgIpc) is 2.64. The Bertz CT molecular complexity index is 827. The second-order valence-corrected chi connectivity index (χ2v) is 11.8. The fourth-order valence-corrected chi connectivity index (χ4v) is 7.25. The Kier molecular flexibility index (Phi) is 5.43. The Balaban J connectivity index is 1.54. The van der Waals surface area contributed by atoms with Crippen LogP contribution in [0.25, 0.3) is 0 Å². The van der Waals surface area contributed by atoms with E-state index in [1.165, 1.54) is 48.4 Å². The van der Waals surface area contributed by atoms with E-state index in [1.54, 1.807) is 0 Å². The van der Waals surface area contributed by atoms with E-state index < -0.39 is 10.0 Å². The van der Waals surface area contributed by atoms with Crippen molar-refractivity contribution in [1.82, 2.24) is 5.32 Å². The van der Waals surface area contributed by atoms with Crippen molar-refractivity contribution in [2.75, 3.05) is 17.1 Å². The van der Waals surface area contributed by atoms with Crippen LogP contribution in [0.5, 0.6) is 0 Å². The minimum Gasteiger partial charge on any atom is -0.352 e. The molecule has 6 heteroatoms. The summed E-state index contributed by atoms with van der Waals surface area (Å²) in [6.45, 7) is 3.73. The molecule has 0 aromatic heterocycles. The van der Waals surface area contributed by atoms with Crippen molar-refractivity contribution in [2.24, 2.45) is 17.8 Å². The second-order valence-electron chi connectivity index (χ2n) is 9.89. The Labute approximate surface area is 175 Å². The van der Waals surface area contributed by atoms with Gasteiger partial charge < -0.3 is 5.32 Å². The van der Waals surface area contributed by atoms with Gasteiger partial charge in [0.1, 0.15) is 6.54 Å². The molecule has 0 spiro atoms. The van der Waals surface area contributed by atoms with Crippen molar-refractivity contribution in [3.05, 3.63) is 29.8 Å². The molecule has 4 bridgehead atoms. The van der Waals surface area contributed by atoms with Gasteiger partial charge in [0, 0.05) is 6.04 Å². The third kappa shape index (κ3) is 4.18. The average molecular weight is 419 g/mol. The molecule has 5 rings (SSSR count). The quantitative estimate of drug-likeness (QED) is 0.732. The molecule has 5 nitrogen and oxygen atoms in total. The van der Waals surface area contributed by atoms with Crippen molar-refractivity contribution in [3.63, 3.8) is 0 Å². The summed E-state index contributed by atoms with van der Waals surface area (Å²) in [5.41, 5.74) is 2.22. The molecule has 4 aliphatic carbocycles. The zero-order valence-electron chi connectivity index (χ0n) is 17.9. The van der Waals surface area contributed by atoms with E-state index in [4.69, 9.17) is 0 Å². The molecular weight excluding hydrogens is 384 g/mol. The largest absolute Gasteiger partial charge is 0.352 e. The van der Waals surface area contributed by atoms with Gasteiger partial charge in [0.15, 0.2) is 0 Å². The maximum absolute atomic E-state index is 12.4. The summed E-state index contributed by atoms with van der Waals surface area (Å²) in [5, 5.41) is 2.86. The van der Waals surface area contributed by atoms with Crippen molar-refractivity contribution in [2.45, 2.75) is 70.3 Å². The summed E-state index contributed by atoms with van der Waals surface area (Å²) in [4.78, 5) is 12.3. The predicted molar refractivity (Wildman–Crippen MR) is 116 cm³/mol. The van der Waals surface area contributed by atoms with E-state index in [1.807, 2.05) is 26.0 Å². The molecular formula is C23H34N2O3S. The van der Waals surface area contributed by atoms with Crippen LogP contribution in [0, 0.1) is 17.8 Å². The fourth-order valence-electron chi connectivity index (χ4n) is 6.40. The number of rotatable bonds is 7. The lowest BCUT2D eigenvalue weighted by Crippen LogP contribution is -2.48. The van der Waals surface area contributed by atoms with Gasteiger partial charge in [0.2, 0.25) is 15.9 Å². The topological polar surface area (TPSA) is 66.5 Å². The van der Waals surface area contributed by atoms with Gasteiger partial charge >= 0.3 is 0 Å². The van der Waals surface area contributed by atoms with Crippen LogP contribution in [0.2, 0.25) is 0 Å². The first kappa shape index (κ1) is 20.7. The molecule has 1 atom stereocenters. The predicted octanol–water partition coefficient (Wildman–Crippen LogP) is 3.84. The number of sulfonamides is 1. The molecule has 4 aliphatic rings. The van der Waals surface area contributed by atoms with E-state index in [0.29, 0.717) is 5.69 Å². The van der Waals surface area contributed by atoms with Crippen LogP contribution in [-0.2, 0) is 20.2 Å². The third-order valence-electron chi connectivity index (χ3n) is 7.51. The highest BCUT2D eigenvalue weighted by Gasteiger charge is 2.51. The number of carbonyl (C=O) groups is 1. The van der Waals surface area contributed by atoms with Gasteiger partial charge in [-0.05, 0) is 92.7 Å². The van der Waals surface area contributed by atoms with Crippen LogP contribution >= 0.6 is 0 Å². The van der Waals surface area contributed by atoms with Gasteiger partial charge in [-0.3, -0.25) is 9.10 Å². The number of hydrogen-bond donors (Lipinski definition) is 1. The number of nitrogens with one attached hydrogen (secondary N) is 1. The van der Waals surface area contributed by atoms with Crippen LogP contribution in [0.4, 0.5) is 5.69 Å². The van der Waals surface area contributed by atoms with Crippen molar-refractivity contribution in [3.8, 4) is 0 Å². The molecule has 0 aliphatic heterocycles. The molecule has 4 saturated carbocycles. The van der Waals surface area contributed by atoms with Crippen LogP contribution < -0.4 is 9.62 Å². The molecule has 0 unspecified atom stereocenters. The Hall–Kier alpha value is -1.56. The number of amides is 1. The summed E-state index contributed by atoms with van der Waals surface area (Å²) >= 11 is 0. The molecule has 1 aromatic carbocycles. The summed E-state index contributed by atoms with van der Waals surface area (Å²) < 4.78 is 26.0. The highest BCUT2D eigenvalue weighted by Crippen LogP contribution is 2.60. The lowest BCUT2D eigenvalue weighted by Gasteiger charge is -2.57. The number of nitrogens with zero attached hydrogens (tertiary/aromatic N) is 1. The van der Waals surface area contributed by atoms with Crippen LogP contribution in [0.15, 0.2) is 24.3 Å². The number of carbonyl (C=O) groups excluding carboxylic acids is 1. The molecule has 1 aromatic rings. The summed E-state index contributed by atoms with van der Waals surface area (Å²) in [6, 6.07) is 8.06. The number of hydrogen-bond acceptors (Lipinski definition) is 3. The fraction of sp³-hybridized carbons (Fsp3) is 0.696. The van der Waals surface area contributed by atoms with Crippen molar-refractivity contribution >= 4 is 21.6 Å². The molecule has 1 N–H and O–H groups in total. The van der Waals surface area contributed by atoms with E-state index >= 15 is 0 Å². The maximum atomic E-state index is 12.4. The molecule has 0 saturated heterocycles. The van der Waals surface area contributed by atoms with E-state index in [0.717, 1.165) is 30.4 Å². The van der Waals surface area contributed by atoms with Gasteiger partial charge in [0.25, 0.3) is 0 Å². The normalized spacial score (nSPS) is 31.5. The first-order valence-electron chi connectivity index (χ1n) is 11.1. The Morgan fingerprint density at radius 2 is 1.62 bits per heavy atom. The van der Waals surface area contributed by atoms with E-state index in [2.05, 4.69) is 17.4 Å². The van der Waals surface area contributed by atoms with Crippen LogP contribution in [-0.4, -0.2) is 33.2 Å². The summed E-state index contributed by atoms with van der Waals surface area (Å²) in [6.07, 6.45) is 10.0. The maximum Gasteiger partial charge on any atom is 0.240 e. The highest BCUT2D eigenvalue weighted by molar-refractivity contribution is 7.92. The Morgan fingerprint density at radius 1 is 1.10 bits per heavy atom. The summed E-state index contributed by atoms with van der Waals surface area (Å²) in [5.74, 6) is 2.35. The van der Waals surface area contributed by atoms with Gasteiger partial charge in [-0.15, -0.1) is 0 Å². The molecule has 0 radical (unpaired) electrons. The lowest BCUT2D eigenvalue weighted by atomic mass is 9.48. The number of benzene rings is 1. The lowest BCUT2D eigenvalue weighted by molar-refractivity contribution is -0.120. The minimum atomic E-state index is -3.54. The zero-order valence-corrected chi connectivity index (χ0v) is 18.7. The number of anilines is 1. The monoisotopic (exact) mass is 418 g/mol. The SMILES string of the molecule is CC[C@@H](C)NC(=O)CN(c1ccc(C23CC4CC(CC(C4)C2)C3)cc1)S(C)(=O)=O. The van der Waals surface area contributed by atoms with E-state index in [9.17, 15) is 13.2 Å². The molecule has 1 amide bonds. The smallest absolute Gasteiger partial charge is 0.240 e. The van der Waals surface area contributed by atoms with Gasteiger partial charge in [-0.25, -0.2) is 8.42 Å².